The van der Waals surface area contributed by atoms with E-state index in [0.29, 0.717) is 28.6 Å². The number of ketones is 1. The molecular formula is C23H24N2O4. The van der Waals surface area contributed by atoms with Gasteiger partial charge in [-0.2, -0.15) is 5.10 Å². The van der Waals surface area contributed by atoms with Gasteiger partial charge in [0, 0.05) is 17.5 Å². The lowest BCUT2D eigenvalue weighted by molar-refractivity contribution is 0.0728. The molecule has 29 heavy (non-hydrogen) atoms. The van der Waals surface area contributed by atoms with Crippen molar-refractivity contribution in [1.29, 1.82) is 0 Å². The van der Waals surface area contributed by atoms with Crippen molar-refractivity contribution in [1.82, 2.24) is 9.78 Å². The highest BCUT2D eigenvalue weighted by molar-refractivity contribution is 6.03. The number of hydrogen-bond acceptors (Lipinski definition) is 5. The van der Waals surface area contributed by atoms with Gasteiger partial charge >= 0.3 is 5.97 Å². The van der Waals surface area contributed by atoms with Gasteiger partial charge in [0.05, 0.1) is 5.39 Å². The van der Waals surface area contributed by atoms with E-state index < -0.39 is 5.97 Å². The number of nitrogens with zero attached hydrogens (tertiary/aromatic N) is 2. The summed E-state index contributed by atoms with van der Waals surface area (Å²) in [4.78, 5) is 37.0. The number of hydrogen-bond donors (Lipinski definition) is 0. The molecule has 2 aromatic carbocycles. The first-order chi connectivity index (χ1) is 14.0. The van der Waals surface area contributed by atoms with Crippen LogP contribution in [0.1, 0.15) is 60.4 Å². The summed E-state index contributed by atoms with van der Waals surface area (Å²) >= 11 is 0. The smallest absolute Gasteiger partial charge is 0.364 e. The van der Waals surface area contributed by atoms with E-state index in [-0.39, 0.29) is 17.0 Å². The van der Waals surface area contributed by atoms with Gasteiger partial charge in [-0.05, 0) is 43.7 Å². The first kappa shape index (κ1) is 20.5. The third-order valence-electron chi connectivity index (χ3n) is 4.76. The second-order valence-corrected chi connectivity index (χ2v) is 6.95. The van der Waals surface area contributed by atoms with Crippen molar-refractivity contribution < 1.29 is 14.3 Å². The molecule has 0 unspecified atom stereocenters. The van der Waals surface area contributed by atoms with Gasteiger partial charge in [0.15, 0.2) is 11.5 Å². The monoisotopic (exact) mass is 392 g/mol. The van der Waals surface area contributed by atoms with Crippen LogP contribution in [0.2, 0.25) is 0 Å². The van der Waals surface area contributed by atoms with Crippen molar-refractivity contribution >= 4 is 22.5 Å². The highest BCUT2D eigenvalue weighted by Crippen LogP contribution is 2.18. The molecule has 0 atom stereocenters. The zero-order valence-electron chi connectivity index (χ0n) is 16.7. The molecule has 0 spiro atoms. The standard InChI is InChI=1S/C23H24N2O4/c1-3-4-5-8-15-25-22(27)20-10-7-6-9-19(20)21(24-25)23(28)29-18-13-11-17(12-14-18)16(2)26/h6-7,9-14H,3-5,8,15H2,1-2H3. The molecule has 6 nitrogen and oxygen atoms in total. The Hall–Kier alpha value is -3.28. The third-order valence-corrected chi connectivity index (χ3v) is 4.76. The first-order valence-electron chi connectivity index (χ1n) is 9.84. The molecule has 1 heterocycles. The van der Waals surface area contributed by atoms with Crippen LogP contribution in [-0.4, -0.2) is 21.5 Å². The number of ether oxygens (including phenoxy) is 1. The number of carbonyl (C=O) groups is 2. The summed E-state index contributed by atoms with van der Waals surface area (Å²) in [6.45, 7) is 4.05. The van der Waals surface area contributed by atoms with Crippen LogP contribution in [0.5, 0.6) is 5.75 Å². The van der Waals surface area contributed by atoms with Gasteiger partial charge in [-0.15, -0.1) is 0 Å². The Labute approximate surface area is 169 Å². The molecule has 0 bridgehead atoms. The number of rotatable bonds is 8. The number of carbonyl (C=O) groups excluding carboxylic acids is 2. The first-order valence-corrected chi connectivity index (χ1v) is 9.84. The average molecular weight is 392 g/mol. The van der Waals surface area contributed by atoms with Gasteiger partial charge in [-0.1, -0.05) is 44.4 Å². The largest absolute Gasteiger partial charge is 0.422 e. The predicted octanol–water partition coefficient (Wildman–Crippen LogP) is 4.40. The summed E-state index contributed by atoms with van der Waals surface area (Å²) in [6, 6.07) is 13.3. The van der Waals surface area contributed by atoms with Gasteiger partial charge in [-0.3, -0.25) is 9.59 Å². The molecule has 0 fully saturated rings. The van der Waals surface area contributed by atoms with Crippen LogP contribution in [0.15, 0.2) is 53.3 Å². The van der Waals surface area contributed by atoms with E-state index >= 15 is 0 Å². The average Bonchev–Trinajstić information content (AvgIpc) is 2.73. The van der Waals surface area contributed by atoms with E-state index in [1.807, 2.05) is 0 Å². The fraction of sp³-hybridized carbons (Fsp3) is 0.304. The normalized spacial score (nSPS) is 10.8. The molecule has 3 aromatic rings. The van der Waals surface area contributed by atoms with Gasteiger partial charge < -0.3 is 4.74 Å². The summed E-state index contributed by atoms with van der Waals surface area (Å²) in [5.41, 5.74) is 0.430. The van der Waals surface area contributed by atoms with E-state index in [2.05, 4.69) is 12.0 Å². The summed E-state index contributed by atoms with van der Waals surface area (Å²) in [7, 11) is 0. The van der Waals surface area contributed by atoms with Crippen molar-refractivity contribution in [3.8, 4) is 5.75 Å². The van der Waals surface area contributed by atoms with Crippen LogP contribution in [0, 0.1) is 0 Å². The lowest BCUT2D eigenvalue weighted by Gasteiger charge is -2.11. The quantitative estimate of drug-likeness (QED) is 0.246. The number of esters is 1. The molecule has 0 aliphatic heterocycles. The minimum atomic E-state index is -0.640. The molecule has 0 aliphatic carbocycles. The van der Waals surface area contributed by atoms with Crippen molar-refractivity contribution in [2.24, 2.45) is 0 Å². The lowest BCUT2D eigenvalue weighted by atomic mass is 10.1. The number of Topliss-reactive ketones (excluding diaryl/α,β-unsaturated/α-hetero) is 1. The maximum Gasteiger partial charge on any atom is 0.364 e. The zero-order valence-corrected chi connectivity index (χ0v) is 16.7. The van der Waals surface area contributed by atoms with E-state index in [1.165, 1.54) is 11.6 Å². The maximum atomic E-state index is 12.8. The van der Waals surface area contributed by atoms with Gasteiger partial charge in [0.25, 0.3) is 5.56 Å². The second kappa shape index (κ2) is 9.28. The predicted molar refractivity (Wildman–Crippen MR) is 112 cm³/mol. The summed E-state index contributed by atoms with van der Waals surface area (Å²) in [6.07, 6.45) is 4.01. The number of unbranched alkanes of at least 4 members (excludes halogenated alkanes) is 3. The molecule has 3 rings (SSSR count). The van der Waals surface area contributed by atoms with Gasteiger partial charge in [0.2, 0.25) is 0 Å². The minimum absolute atomic E-state index is 0.0642. The van der Waals surface area contributed by atoms with Crippen molar-refractivity contribution in [2.75, 3.05) is 0 Å². The molecule has 0 radical (unpaired) electrons. The Morgan fingerprint density at radius 2 is 1.66 bits per heavy atom. The Kier molecular flexibility index (Phi) is 6.54. The van der Waals surface area contributed by atoms with Crippen LogP contribution in [-0.2, 0) is 6.54 Å². The van der Waals surface area contributed by atoms with Crippen LogP contribution >= 0.6 is 0 Å². The second-order valence-electron chi connectivity index (χ2n) is 6.95. The van der Waals surface area contributed by atoms with Crippen molar-refractivity contribution in [3.05, 3.63) is 70.1 Å². The third kappa shape index (κ3) is 4.77. The highest BCUT2D eigenvalue weighted by atomic mass is 16.5. The van der Waals surface area contributed by atoms with Crippen molar-refractivity contribution in [3.63, 3.8) is 0 Å². The molecule has 0 amide bonds. The van der Waals surface area contributed by atoms with Crippen LogP contribution in [0.4, 0.5) is 0 Å². The highest BCUT2D eigenvalue weighted by Gasteiger charge is 2.18. The topological polar surface area (TPSA) is 78.3 Å². The molecular weight excluding hydrogens is 368 g/mol. The summed E-state index contributed by atoms with van der Waals surface area (Å²) in [5, 5.41) is 5.22. The molecule has 150 valence electrons. The van der Waals surface area contributed by atoms with E-state index in [4.69, 9.17) is 4.74 Å². The minimum Gasteiger partial charge on any atom is -0.422 e. The Bertz CT molecular complexity index is 1080. The Balaban J connectivity index is 1.92. The Morgan fingerprint density at radius 3 is 2.31 bits per heavy atom. The fourth-order valence-electron chi connectivity index (χ4n) is 3.14. The van der Waals surface area contributed by atoms with Crippen LogP contribution in [0.3, 0.4) is 0 Å². The molecule has 0 saturated heterocycles. The van der Waals surface area contributed by atoms with E-state index in [0.717, 1.165) is 25.7 Å². The lowest BCUT2D eigenvalue weighted by Crippen LogP contribution is -2.27. The molecule has 0 saturated carbocycles. The SMILES string of the molecule is CCCCCCn1nc(C(=O)Oc2ccc(C(C)=O)cc2)c2ccccc2c1=O. The summed E-state index contributed by atoms with van der Waals surface area (Å²) < 4.78 is 6.81. The maximum absolute atomic E-state index is 12.8. The number of benzene rings is 2. The number of aromatic nitrogens is 2. The van der Waals surface area contributed by atoms with Crippen molar-refractivity contribution in [2.45, 2.75) is 46.1 Å². The fourth-order valence-corrected chi connectivity index (χ4v) is 3.14. The molecule has 0 N–H and O–H groups in total. The van der Waals surface area contributed by atoms with Gasteiger partial charge in [0.1, 0.15) is 5.75 Å². The Morgan fingerprint density at radius 1 is 0.966 bits per heavy atom. The van der Waals surface area contributed by atoms with Gasteiger partial charge in [-0.25, -0.2) is 9.48 Å². The summed E-state index contributed by atoms with van der Waals surface area (Å²) in [5.74, 6) is -0.392. The van der Waals surface area contributed by atoms with Crippen LogP contribution in [0.25, 0.3) is 10.8 Å². The molecule has 0 aliphatic rings. The van der Waals surface area contributed by atoms with Crippen LogP contribution < -0.4 is 10.3 Å². The molecule has 6 heteroatoms. The molecule has 1 aromatic heterocycles. The number of fused-ring (bicyclic) bond motifs is 1. The van der Waals surface area contributed by atoms with E-state index in [9.17, 15) is 14.4 Å². The zero-order chi connectivity index (χ0) is 20.8. The number of aryl methyl sites for hydroxylation is 1. The van der Waals surface area contributed by atoms with E-state index in [1.54, 1.807) is 48.5 Å².